The van der Waals surface area contributed by atoms with E-state index < -0.39 is 0 Å². The minimum absolute atomic E-state index is 0.0345. The van der Waals surface area contributed by atoms with Crippen molar-refractivity contribution in [1.82, 2.24) is 4.90 Å². The average Bonchev–Trinajstić information content (AvgIpc) is 3.11. The highest BCUT2D eigenvalue weighted by atomic mass is 16.2. The predicted octanol–water partition coefficient (Wildman–Crippen LogP) is 3.07. The van der Waals surface area contributed by atoms with Crippen LogP contribution in [-0.2, 0) is 0 Å². The molecule has 0 aromatic heterocycles. The summed E-state index contributed by atoms with van der Waals surface area (Å²) in [5.74, 6) is -0.297. The Morgan fingerprint density at radius 1 is 1.04 bits per heavy atom. The number of nitrogens with one attached hydrogen (secondary N) is 1. The lowest BCUT2D eigenvalue weighted by molar-refractivity contribution is 0.0794. The Morgan fingerprint density at radius 2 is 1.75 bits per heavy atom. The van der Waals surface area contributed by atoms with Crippen LogP contribution in [0.15, 0.2) is 42.5 Å². The van der Waals surface area contributed by atoms with E-state index in [-0.39, 0.29) is 11.8 Å². The Kier molecular flexibility index (Phi) is 4.51. The number of nitrogens with two attached hydrogens (primary N) is 1. The van der Waals surface area contributed by atoms with Gasteiger partial charge in [0.1, 0.15) is 0 Å². The second-order valence-electron chi connectivity index (χ2n) is 6.07. The van der Waals surface area contributed by atoms with Crippen LogP contribution in [0.4, 0.5) is 11.4 Å². The molecule has 2 aromatic rings. The predicted molar refractivity (Wildman–Crippen MR) is 95.1 cm³/mol. The molecule has 0 unspecified atom stereocenters. The molecule has 1 aliphatic heterocycles. The molecule has 0 bridgehead atoms. The van der Waals surface area contributed by atoms with E-state index in [9.17, 15) is 9.59 Å². The first-order valence-electron chi connectivity index (χ1n) is 8.12. The first kappa shape index (κ1) is 16.1. The smallest absolute Gasteiger partial charge is 0.256 e. The molecule has 24 heavy (non-hydrogen) atoms. The Morgan fingerprint density at radius 3 is 2.50 bits per heavy atom. The number of nitrogen functional groups attached to an aromatic ring is 1. The molecule has 5 heteroatoms. The van der Waals surface area contributed by atoms with Crippen LogP contribution in [0.1, 0.15) is 39.1 Å². The van der Waals surface area contributed by atoms with Crippen LogP contribution in [0, 0.1) is 6.92 Å². The molecule has 5 nitrogen and oxygen atoms in total. The first-order valence-corrected chi connectivity index (χ1v) is 8.12. The van der Waals surface area contributed by atoms with Crippen molar-refractivity contribution in [2.24, 2.45) is 0 Å². The molecule has 3 rings (SSSR count). The number of rotatable bonds is 3. The summed E-state index contributed by atoms with van der Waals surface area (Å²) in [6.45, 7) is 3.40. The standard InChI is InChI=1S/C19H21N3O2/c1-13-8-9-14(20)12-16(13)18(23)21-17-7-3-2-6-15(17)19(24)22-10-4-5-11-22/h2-3,6-9,12H,4-5,10-11,20H2,1H3,(H,21,23). The first-order chi connectivity index (χ1) is 11.6. The van der Waals surface area contributed by atoms with Gasteiger partial charge in [-0.1, -0.05) is 18.2 Å². The van der Waals surface area contributed by atoms with Gasteiger partial charge in [0.15, 0.2) is 0 Å². The average molecular weight is 323 g/mol. The number of nitrogens with zero attached hydrogens (tertiary/aromatic N) is 1. The Labute approximate surface area is 141 Å². The Bertz CT molecular complexity index is 780. The monoisotopic (exact) mass is 323 g/mol. The van der Waals surface area contributed by atoms with Crippen LogP contribution in [0.2, 0.25) is 0 Å². The zero-order chi connectivity index (χ0) is 17.1. The molecule has 1 fully saturated rings. The maximum atomic E-state index is 12.7. The van der Waals surface area contributed by atoms with Gasteiger partial charge in [-0.15, -0.1) is 0 Å². The quantitative estimate of drug-likeness (QED) is 0.852. The van der Waals surface area contributed by atoms with Crippen LogP contribution >= 0.6 is 0 Å². The van der Waals surface area contributed by atoms with E-state index in [4.69, 9.17) is 5.73 Å². The molecule has 0 radical (unpaired) electrons. The van der Waals surface area contributed by atoms with Gasteiger partial charge in [0.2, 0.25) is 0 Å². The van der Waals surface area contributed by atoms with Gasteiger partial charge in [0.05, 0.1) is 11.3 Å². The van der Waals surface area contributed by atoms with Crippen LogP contribution in [-0.4, -0.2) is 29.8 Å². The summed E-state index contributed by atoms with van der Waals surface area (Å²) in [6, 6.07) is 12.3. The van der Waals surface area contributed by atoms with Crippen molar-refractivity contribution in [3.05, 3.63) is 59.2 Å². The van der Waals surface area contributed by atoms with Crippen molar-refractivity contribution in [3.63, 3.8) is 0 Å². The molecule has 1 heterocycles. The number of carbonyl (C=O) groups is 2. The van der Waals surface area contributed by atoms with Gasteiger partial charge in [-0.3, -0.25) is 9.59 Å². The lowest BCUT2D eigenvalue weighted by atomic mass is 10.1. The third-order valence-electron chi connectivity index (χ3n) is 4.31. The van der Waals surface area contributed by atoms with Crippen molar-refractivity contribution in [3.8, 4) is 0 Å². The maximum Gasteiger partial charge on any atom is 0.256 e. The number of likely N-dealkylation sites (tertiary alicyclic amines) is 1. The Balaban J connectivity index is 1.86. The molecule has 0 saturated carbocycles. The number of amides is 2. The lowest BCUT2D eigenvalue weighted by Gasteiger charge is -2.18. The SMILES string of the molecule is Cc1ccc(N)cc1C(=O)Nc1ccccc1C(=O)N1CCCC1. The zero-order valence-electron chi connectivity index (χ0n) is 13.7. The summed E-state index contributed by atoms with van der Waals surface area (Å²) < 4.78 is 0. The van der Waals surface area contributed by atoms with Gasteiger partial charge in [-0.2, -0.15) is 0 Å². The number of anilines is 2. The van der Waals surface area contributed by atoms with E-state index in [2.05, 4.69) is 5.32 Å². The van der Waals surface area contributed by atoms with Crippen molar-refractivity contribution in [1.29, 1.82) is 0 Å². The lowest BCUT2D eigenvalue weighted by Crippen LogP contribution is -2.28. The molecule has 0 spiro atoms. The minimum atomic E-state index is -0.263. The molecule has 2 aromatic carbocycles. The second-order valence-corrected chi connectivity index (χ2v) is 6.07. The van der Waals surface area contributed by atoms with E-state index in [0.717, 1.165) is 31.5 Å². The molecule has 0 aliphatic carbocycles. The summed E-state index contributed by atoms with van der Waals surface area (Å²) >= 11 is 0. The van der Waals surface area contributed by atoms with Gasteiger partial charge < -0.3 is 16.0 Å². The van der Waals surface area contributed by atoms with Crippen molar-refractivity contribution in [2.75, 3.05) is 24.1 Å². The second kappa shape index (κ2) is 6.74. The summed E-state index contributed by atoms with van der Waals surface area (Å²) in [7, 11) is 0. The van der Waals surface area contributed by atoms with Gasteiger partial charge in [-0.05, 0) is 49.6 Å². The topological polar surface area (TPSA) is 75.4 Å². The summed E-state index contributed by atoms with van der Waals surface area (Å²) in [5.41, 5.74) is 8.72. The highest BCUT2D eigenvalue weighted by Crippen LogP contribution is 2.22. The van der Waals surface area contributed by atoms with Crippen molar-refractivity contribution < 1.29 is 9.59 Å². The molecule has 124 valence electrons. The molecular formula is C19H21N3O2. The molecule has 0 atom stereocenters. The number of hydrogen-bond donors (Lipinski definition) is 2. The van der Waals surface area contributed by atoms with Gasteiger partial charge >= 0.3 is 0 Å². The molecule has 2 amide bonds. The highest BCUT2D eigenvalue weighted by molar-refractivity contribution is 6.09. The van der Waals surface area contributed by atoms with Gasteiger partial charge in [0, 0.05) is 24.3 Å². The van der Waals surface area contributed by atoms with Crippen LogP contribution in [0.5, 0.6) is 0 Å². The van der Waals surface area contributed by atoms with E-state index >= 15 is 0 Å². The van der Waals surface area contributed by atoms with Crippen LogP contribution < -0.4 is 11.1 Å². The van der Waals surface area contributed by atoms with Gasteiger partial charge in [-0.25, -0.2) is 0 Å². The van der Waals surface area contributed by atoms with Crippen molar-refractivity contribution in [2.45, 2.75) is 19.8 Å². The fourth-order valence-electron chi connectivity index (χ4n) is 2.94. The number of hydrogen-bond acceptors (Lipinski definition) is 3. The Hall–Kier alpha value is -2.82. The minimum Gasteiger partial charge on any atom is -0.399 e. The normalized spacial score (nSPS) is 13.8. The summed E-state index contributed by atoms with van der Waals surface area (Å²) in [6.07, 6.45) is 2.06. The number of aryl methyl sites for hydroxylation is 1. The summed E-state index contributed by atoms with van der Waals surface area (Å²) in [5, 5.41) is 2.86. The van der Waals surface area contributed by atoms with E-state index in [0.29, 0.717) is 22.5 Å². The third-order valence-corrected chi connectivity index (χ3v) is 4.31. The molecule has 1 aliphatic rings. The fraction of sp³-hybridized carbons (Fsp3) is 0.263. The maximum absolute atomic E-state index is 12.7. The molecular weight excluding hydrogens is 302 g/mol. The van der Waals surface area contributed by atoms with E-state index in [1.165, 1.54) is 0 Å². The van der Waals surface area contributed by atoms with E-state index in [1.807, 2.05) is 30.0 Å². The fourth-order valence-corrected chi connectivity index (χ4v) is 2.94. The largest absolute Gasteiger partial charge is 0.399 e. The number of para-hydroxylation sites is 1. The van der Waals surface area contributed by atoms with Crippen LogP contribution in [0.3, 0.4) is 0 Å². The third kappa shape index (κ3) is 3.25. The number of carbonyl (C=O) groups excluding carboxylic acids is 2. The van der Waals surface area contributed by atoms with Crippen LogP contribution in [0.25, 0.3) is 0 Å². The highest BCUT2D eigenvalue weighted by Gasteiger charge is 2.22. The van der Waals surface area contributed by atoms with Crippen molar-refractivity contribution >= 4 is 23.2 Å². The molecule has 3 N–H and O–H groups in total. The summed E-state index contributed by atoms with van der Waals surface area (Å²) in [4.78, 5) is 27.1. The zero-order valence-corrected chi connectivity index (χ0v) is 13.7. The van der Waals surface area contributed by atoms with Gasteiger partial charge in [0.25, 0.3) is 11.8 Å². The number of benzene rings is 2. The van der Waals surface area contributed by atoms with E-state index in [1.54, 1.807) is 24.3 Å². The molecule has 1 saturated heterocycles.